The summed E-state index contributed by atoms with van der Waals surface area (Å²) in [5.74, 6) is -0.0991. The van der Waals surface area contributed by atoms with Gasteiger partial charge in [-0.2, -0.15) is 0 Å². The van der Waals surface area contributed by atoms with Crippen LogP contribution in [-0.2, 0) is 4.79 Å². The molecular formula is C18H21N5O2. The molecule has 2 unspecified atom stereocenters. The molecule has 1 fully saturated rings. The number of carbonyl (C=O) groups is 2. The highest BCUT2D eigenvalue weighted by atomic mass is 16.2. The van der Waals surface area contributed by atoms with Crippen molar-refractivity contribution in [1.29, 1.82) is 0 Å². The quantitative estimate of drug-likeness (QED) is 0.589. The predicted octanol–water partition coefficient (Wildman–Crippen LogP) is 1.98. The fourth-order valence-corrected chi connectivity index (χ4v) is 2.69. The van der Waals surface area contributed by atoms with E-state index in [2.05, 4.69) is 26.8 Å². The van der Waals surface area contributed by atoms with Crippen LogP contribution in [0.2, 0.25) is 0 Å². The Morgan fingerprint density at radius 2 is 1.56 bits per heavy atom. The molecule has 0 bridgehead atoms. The summed E-state index contributed by atoms with van der Waals surface area (Å²) < 4.78 is 0. The number of hydrogen-bond donors (Lipinski definition) is 5. The molecule has 1 aliphatic heterocycles. The minimum atomic E-state index is -0.311. The van der Waals surface area contributed by atoms with Gasteiger partial charge in [0.05, 0.1) is 0 Å². The third-order valence-corrected chi connectivity index (χ3v) is 4.06. The van der Waals surface area contributed by atoms with Gasteiger partial charge in [0, 0.05) is 24.5 Å². The van der Waals surface area contributed by atoms with Crippen molar-refractivity contribution in [3.05, 3.63) is 60.2 Å². The van der Waals surface area contributed by atoms with Crippen molar-refractivity contribution in [3.63, 3.8) is 0 Å². The standard InChI is InChI=1S/C18H21N5O2/c1-19-18(25)21-14-9-7-13(8-10-14)20-17(24)16-11-15(22-23-16)12-5-3-2-4-6-12/h2-10,15-16,22-23H,11H2,1H3,(H,20,24)(H2,19,21,25). The Hall–Kier alpha value is -2.90. The lowest BCUT2D eigenvalue weighted by atomic mass is 10.0. The average molecular weight is 339 g/mol. The second-order valence-electron chi connectivity index (χ2n) is 5.81. The molecule has 1 saturated heterocycles. The first-order valence-electron chi connectivity index (χ1n) is 8.11. The SMILES string of the molecule is CNC(=O)Nc1ccc(NC(=O)C2CC(c3ccccc3)NN2)cc1. The largest absolute Gasteiger partial charge is 0.341 e. The third kappa shape index (κ3) is 4.34. The van der Waals surface area contributed by atoms with Crippen LogP contribution in [0.5, 0.6) is 0 Å². The second-order valence-corrected chi connectivity index (χ2v) is 5.81. The fourth-order valence-electron chi connectivity index (χ4n) is 2.69. The monoisotopic (exact) mass is 339 g/mol. The van der Waals surface area contributed by atoms with Gasteiger partial charge in [0.25, 0.3) is 0 Å². The van der Waals surface area contributed by atoms with Crippen molar-refractivity contribution in [2.75, 3.05) is 17.7 Å². The first-order chi connectivity index (χ1) is 12.2. The number of urea groups is 1. The molecule has 0 aliphatic carbocycles. The van der Waals surface area contributed by atoms with E-state index in [1.165, 1.54) is 0 Å². The molecule has 0 radical (unpaired) electrons. The molecule has 3 rings (SSSR count). The zero-order valence-electron chi connectivity index (χ0n) is 13.9. The first-order valence-corrected chi connectivity index (χ1v) is 8.11. The van der Waals surface area contributed by atoms with Gasteiger partial charge in [-0.15, -0.1) is 0 Å². The molecular weight excluding hydrogens is 318 g/mol. The Bertz CT molecular complexity index is 733. The minimum Gasteiger partial charge on any atom is -0.341 e. The van der Waals surface area contributed by atoms with Gasteiger partial charge >= 0.3 is 6.03 Å². The number of rotatable bonds is 4. The molecule has 0 saturated carbocycles. The number of benzene rings is 2. The van der Waals surface area contributed by atoms with E-state index in [0.29, 0.717) is 17.8 Å². The number of hydrazine groups is 1. The summed E-state index contributed by atoms with van der Waals surface area (Å²) in [4.78, 5) is 23.7. The Labute approximate surface area is 146 Å². The Kier molecular flexibility index (Phi) is 5.27. The van der Waals surface area contributed by atoms with Gasteiger partial charge in [-0.05, 0) is 36.2 Å². The topological polar surface area (TPSA) is 94.3 Å². The Balaban J connectivity index is 1.55. The van der Waals surface area contributed by atoms with E-state index in [1.54, 1.807) is 31.3 Å². The van der Waals surface area contributed by atoms with Gasteiger partial charge in [-0.1, -0.05) is 30.3 Å². The van der Waals surface area contributed by atoms with E-state index < -0.39 is 0 Å². The number of hydrogen-bond acceptors (Lipinski definition) is 4. The smallest absolute Gasteiger partial charge is 0.318 e. The van der Waals surface area contributed by atoms with Gasteiger partial charge in [0.15, 0.2) is 0 Å². The number of carbonyl (C=O) groups excluding carboxylic acids is 2. The molecule has 1 heterocycles. The van der Waals surface area contributed by atoms with Crippen LogP contribution in [0.3, 0.4) is 0 Å². The number of nitrogens with one attached hydrogen (secondary N) is 5. The van der Waals surface area contributed by atoms with E-state index in [4.69, 9.17) is 0 Å². The van der Waals surface area contributed by atoms with Crippen molar-refractivity contribution < 1.29 is 9.59 Å². The Morgan fingerprint density at radius 3 is 2.20 bits per heavy atom. The summed E-state index contributed by atoms with van der Waals surface area (Å²) >= 11 is 0. The average Bonchev–Trinajstić information content (AvgIpc) is 3.14. The zero-order valence-corrected chi connectivity index (χ0v) is 13.9. The van der Waals surface area contributed by atoms with E-state index in [9.17, 15) is 9.59 Å². The predicted molar refractivity (Wildman–Crippen MR) is 97.0 cm³/mol. The van der Waals surface area contributed by atoms with Crippen molar-refractivity contribution >= 4 is 23.3 Å². The van der Waals surface area contributed by atoms with Gasteiger partial charge in [0.2, 0.25) is 5.91 Å². The number of anilines is 2. The van der Waals surface area contributed by atoms with Crippen LogP contribution in [0.15, 0.2) is 54.6 Å². The molecule has 1 aliphatic rings. The lowest BCUT2D eigenvalue weighted by Gasteiger charge is -2.11. The molecule has 7 heteroatoms. The van der Waals surface area contributed by atoms with Crippen LogP contribution >= 0.6 is 0 Å². The van der Waals surface area contributed by atoms with Crippen LogP contribution in [-0.4, -0.2) is 25.0 Å². The summed E-state index contributed by atoms with van der Waals surface area (Å²) in [6, 6.07) is 16.5. The highest BCUT2D eigenvalue weighted by Gasteiger charge is 2.29. The Morgan fingerprint density at radius 1 is 0.920 bits per heavy atom. The molecule has 0 aromatic heterocycles. The summed E-state index contributed by atoms with van der Waals surface area (Å²) in [7, 11) is 1.55. The van der Waals surface area contributed by atoms with Crippen LogP contribution in [0.4, 0.5) is 16.2 Å². The molecule has 7 nitrogen and oxygen atoms in total. The van der Waals surface area contributed by atoms with Crippen molar-refractivity contribution in [1.82, 2.24) is 16.2 Å². The fraction of sp³-hybridized carbons (Fsp3) is 0.222. The van der Waals surface area contributed by atoms with Crippen LogP contribution in [0.25, 0.3) is 0 Å². The van der Waals surface area contributed by atoms with Crippen molar-refractivity contribution in [2.24, 2.45) is 0 Å². The third-order valence-electron chi connectivity index (χ3n) is 4.06. The van der Waals surface area contributed by atoms with Gasteiger partial charge in [0.1, 0.15) is 6.04 Å². The highest BCUT2D eigenvalue weighted by molar-refractivity contribution is 5.95. The molecule has 5 N–H and O–H groups in total. The van der Waals surface area contributed by atoms with E-state index >= 15 is 0 Å². The van der Waals surface area contributed by atoms with Crippen LogP contribution in [0, 0.1) is 0 Å². The van der Waals surface area contributed by atoms with Crippen molar-refractivity contribution in [3.8, 4) is 0 Å². The number of amides is 3. The lowest BCUT2D eigenvalue weighted by Crippen LogP contribution is -2.39. The normalized spacial score (nSPS) is 19.2. The molecule has 3 amide bonds. The van der Waals surface area contributed by atoms with Crippen molar-refractivity contribution in [2.45, 2.75) is 18.5 Å². The van der Waals surface area contributed by atoms with E-state index in [-0.39, 0.29) is 24.0 Å². The summed E-state index contributed by atoms with van der Waals surface area (Å²) in [5.41, 5.74) is 8.69. The second kappa shape index (κ2) is 7.78. The molecule has 25 heavy (non-hydrogen) atoms. The summed E-state index contributed by atoms with van der Waals surface area (Å²) in [5, 5.41) is 8.03. The minimum absolute atomic E-state index is 0.0991. The summed E-state index contributed by atoms with van der Waals surface area (Å²) in [6.07, 6.45) is 0.673. The maximum Gasteiger partial charge on any atom is 0.318 e. The zero-order chi connectivity index (χ0) is 17.6. The highest BCUT2D eigenvalue weighted by Crippen LogP contribution is 2.22. The van der Waals surface area contributed by atoms with Crippen LogP contribution in [0.1, 0.15) is 18.0 Å². The lowest BCUT2D eigenvalue weighted by molar-refractivity contribution is -0.117. The van der Waals surface area contributed by atoms with Gasteiger partial charge < -0.3 is 16.0 Å². The van der Waals surface area contributed by atoms with Gasteiger partial charge in [-0.3, -0.25) is 4.79 Å². The molecule has 2 aromatic carbocycles. The van der Waals surface area contributed by atoms with Gasteiger partial charge in [-0.25, -0.2) is 15.6 Å². The molecule has 0 spiro atoms. The van der Waals surface area contributed by atoms with E-state index in [0.717, 1.165) is 5.56 Å². The maximum absolute atomic E-state index is 12.4. The van der Waals surface area contributed by atoms with E-state index in [1.807, 2.05) is 30.3 Å². The summed E-state index contributed by atoms with van der Waals surface area (Å²) in [6.45, 7) is 0. The molecule has 2 aromatic rings. The maximum atomic E-state index is 12.4. The molecule has 2 atom stereocenters. The first kappa shape index (κ1) is 16.9. The molecule has 130 valence electrons. The van der Waals surface area contributed by atoms with Crippen LogP contribution < -0.4 is 26.8 Å².